The van der Waals surface area contributed by atoms with E-state index in [-0.39, 0.29) is 23.6 Å². The van der Waals surface area contributed by atoms with Gasteiger partial charge < -0.3 is 15.2 Å². The van der Waals surface area contributed by atoms with E-state index in [0.29, 0.717) is 61.2 Å². The molecule has 4 aromatic rings. The number of nitrogens with zero attached hydrogens (tertiary/aromatic N) is 5. The van der Waals surface area contributed by atoms with Crippen molar-refractivity contribution in [1.29, 1.82) is 0 Å². The summed E-state index contributed by atoms with van der Waals surface area (Å²) in [6.45, 7) is 4.37. The number of hydrogen-bond donors (Lipinski definition) is 1. The van der Waals surface area contributed by atoms with Crippen molar-refractivity contribution >= 4 is 16.6 Å². The minimum absolute atomic E-state index is 0.0341. The number of fused-ring (bicyclic) bond motifs is 2. The zero-order valence-electron chi connectivity index (χ0n) is 20.3. The lowest BCUT2D eigenvalue weighted by Crippen LogP contribution is -2.44. The standard InChI is InChI=1S/C26H27F3N6O2/c1-25(13-36-14-25)15-37-20-4-2-3-16-5-7-19(31-22(16)20)24-33-32-21-8-6-17(11-35(21)24)23(26(27,28)29)34-10-9-18(30)12-34/h2-8,11,18,23H,9-10,12-15,30H2,1H3/t18-,23+/m0/s1. The van der Waals surface area contributed by atoms with Crippen LogP contribution in [0.25, 0.3) is 28.1 Å². The van der Waals surface area contributed by atoms with Crippen LogP contribution < -0.4 is 10.5 Å². The maximum Gasteiger partial charge on any atom is 0.408 e. The van der Waals surface area contributed by atoms with E-state index in [1.54, 1.807) is 16.5 Å². The van der Waals surface area contributed by atoms with Crippen LogP contribution in [0.15, 0.2) is 48.7 Å². The minimum Gasteiger partial charge on any atom is -0.491 e. The van der Waals surface area contributed by atoms with Crippen molar-refractivity contribution in [2.24, 2.45) is 11.1 Å². The molecule has 0 aliphatic carbocycles. The van der Waals surface area contributed by atoms with Gasteiger partial charge in [0.25, 0.3) is 0 Å². The van der Waals surface area contributed by atoms with E-state index in [2.05, 4.69) is 17.1 Å². The number of aromatic nitrogens is 4. The van der Waals surface area contributed by atoms with Gasteiger partial charge in [0.15, 0.2) is 11.5 Å². The molecule has 0 unspecified atom stereocenters. The summed E-state index contributed by atoms with van der Waals surface area (Å²) in [5, 5.41) is 9.31. The number of halogens is 3. The largest absolute Gasteiger partial charge is 0.491 e. The topological polar surface area (TPSA) is 90.8 Å². The highest BCUT2D eigenvalue weighted by atomic mass is 19.4. The Morgan fingerprint density at radius 2 is 2.00 bits per heavy atom. The third-order valence-corrected chi connectivity index (χ3v) is 7.06. The maximum atomic E-state index is 14.2. The van der Waals surface area contributed by atoms with Crippen LogP contribution in [0.1, 0.15) is 24.9 Å². The molecule has 0 saturated carbocycles. The van der Waals surface area contributed by atoms with Crippen molar-refractivity contribution in [3.63, 3.8) is 0 Å². The SMILES string of the molecule is CC1(COc2cccc3ccc(-c4nnc5ccc([C@@H](N6CC[C@H](N)C6)C(F)(F)F)cn45)nc23)COC1. The highest BCUT2D eigenvalue weighted by molar-refractivity contribution is 5.86. The molecule has 2 saturated heterocycles. The van der Waals surface area contributed by atoms with E-state index < -0.39 is 12.2 Å². The van der Waals surface area contributed by atoms with Crippen molar-refractivity contribution < 1.29 is 22.6 Å². The molecular weight excluding hydrogens is 485 g/mol. The molecule has 0 bridgehead atoms. The molecule has 5 heterocycles. The van der Waals surface area contributed by atoms with Crippen LogP contribution in [0.3, 0.4) is 0 Å². The smallest absolute Gasteiger partial charge is 0.408 e. The summed E-state index contributed by atoms with van der Waals surface area (Å²) in [5.74, 6) is 0.983. The first-order valence-electron chi connectivity index (χ1n) is 12.2. The average molecular weight is 513 g/mol. The Balaban J connectivity index is 1.38. The van der Waals surface area contributed by atoms with Crippen LogP contribution in [0.2, 0.25) is 0 Å². The molecule has 2 atom stereocenters. The zero-order valence-corrected chi connectivity index (χ0v) is 20.3. The lowest BCUT2D eigenvalue weighted by atomic mass is 9.90. The van der Waals surface area contributed by atoms with Crippen molar-refractivity contribution in [2.45, 2.75) is 31.6 Å². The first-order valence-corrected chi connectivity index (χ1v) is 12.2. The first-order chi connectivity index (χ1) is 17.7. The second-order valence-corrected chi connectivity index (χ2v) is 10.3. The summed E-state index contributed by atoms with van der Waals surface area (Å²) in [5.41, 5.74) is 7.55. The van der Waals surface area contributed by atoms with Crippen LogP contribution >= 0.6 is 0 Å². The van der Waals surface area contributed by atoms with Gasteiger partial charge in [0.05, 0.1) is 19.8 Å². The van der Waals surface area contributed by atoms with Gasteiger partial charge in [-0.2, -0.15) is 13.2 Å². The summed E-state index contributed by atoms with van der Waals surface area (Å²) in [6.07, 6.45) is -2.47. The second-order valence-electron chi connectivity index (χ2n) is 10.3. The van der Waals surface area contributed by atoms with Crippen molar-refractivity contribution in [2.75, 3.05) is 32.9 Å². The first kappa shape index (κ1) is 24.1. The van der Waals surface area contributed by atoms with E-state index in [4.69, 9.17) is 20.2 Å². The molecule has 3 aromatic heterocycles. The Kier molecular flexibility index (Phi) is 5.81. The van der Waals surface area contributed by atoms with Crippen molar-refractivity contribution in [3.05, 3.63) is 54.2 Å². The highest BCUT2D eigenvalue weighted by Gasteiger charge is 2.46. The Morgan fingerprint density at radius 1 is 1.16 bits per heavy atom. The Bertz CT molecular complexity index is 1450. The molecule has 2 fully saturated rings. The zero-order chi connectivity index (χ0) is 25.8. The number of rotatable bonds is 6. The summed E-state index contributed by atoms with van der Waals surface area (Å²) in [6, 6.07) is 10.4. The molecule has 2 N–H and O–H groups in total. The van der Waals surface area contributed by atoms with Crippen LogP contribution in [-0.2, 0) is 4.74 Å². The van der Waals surface area contributed by atoms with Crippen molar-refractivity contribution in [3.8, 4) is 17.3 Å². The quantitative estimate of drug-likeness (QED) is 0.418. The number of alkyl halides is 3. The third kappa shape index (κ3) is 4.51. The Hall–Kier alpha value is -3.28. The van der Waals surface area contributed by atoms with Gasteiger partial charge in [0, 0.05) is 36.1 Å². The van der Waals surface area contributed by atoms with Gasteiger partial charge in [-0.05, 0) is 30.2 Å². The molecule has 37 heavy (non-hydrogen) atoms. The monoisotopic (exact) mass is 512 g/mol. The number of ether oxygens (including phenoxy) is 2. The molecule has 1 aromatic carbocycles. The van der Waals surface area contributed by atoms with Crippen LogP contribution in [0, 0.1) is 5.41 Å². The molecular formula is C26H27F3N6O2. The van der Waals surface area contributed by atoms with E-state index >= 15 is 0 Å². The van der Waals surface area contributed by atoms with E-state index in [1.807, 2.05) is 24.3 Å². The molecule has 11 heteroatoms. The molecule has 0 spiro atoms. The second kappa shape index (κ2) is 8.93. The van der Waals surface area contributed by atoms with Crippen molar-refractivity contribution in [1.82, 2.24) is 24.5 Å². The molecule has 6 rings (SSSR count). The third-order valence-electron chi connectivity index (χ3n) is 7.06. The number of benzene rings is 1. The number of likely N-dealkylation sites (tertiary alicyclic amines) is 1. The van der Waals surface area contributed by atoms with E-state index in [1.165, 1.54) is 17.2 Å². The summed E-state index contributed by atoms with van der Waals surface area (Å²) < 4.78 is 55.5. The fourth-order valence-electron chi connectivity index (χ4n) is 5.05. The predicted molar refractivity (Wildman–Crippen MR) is 131 cm³/mol. The van der Waals surface area contributed by atoms with Gasteiger partial charge in [-0.1, -0.05) is 31.2 Å². The van der Waals surface area contributed by atoms with E-state index in [9.17, 15) is 13.2 Å². The van der Waals surface area contributed by atoms with Gasteiger partial charge >= 0.3 is 6.18 Å². The Morgan fingerprint density at radius 3 is 2.70 bits per heavy atom. The Labute approximate surface area is 211 Å². The number of nitrogens with two attached hydrogens (primary N) is 1. The summed E-state index contributed by atoms with van der Waals surface area (Å²) in [4.78, 5) is 6.18. The van der Waals surface area contributed by atoms with Crippen LogP contribution in [-0.4, -0.2) is 69.6 Å². The van der Waals surface area contributed by atoms with Gasteiger partial charge in [-0.15, -0.1) is 10.2 Å². The number of pyridine rings is 2. The fraction of sp³-hybridized carbons (Fsp3) is 0.423. The lowest BCUT2D eigenvalue weighted by molar-refractivity contribution is -0.183. The molecule has 2 aliphatic heterocycles. The average Bonchev–Trinajstić information content (AvgIpc) is 3.46. The molecule has 2 aliphatic rings. The van der Waals surface area contributed by atoms with Gasteiger partial charge in [0.1, 0.15) is 23.0 Å². The molecule has 0 amide bonds. The fourth-order valence-corrected chi connectivity index (χ4v) is 5.05. The predicted octanol–water partition coefficient (Wildman–Crippen LogP) is 4.00. The molecule has 0 radical (unpaired) electrons. The summed E-state index contributed by atoms with van der Waals surface area (Å²) in [7, 11) is 0. The van der Waals surface area contributed by atoms with E-state index in [0.717, 1.165) is 5.39 Å². The normalized spacial score (nSPS) is 20.8. The molecule has 8 nitrogen and oxygen atoms in total. The van der Waals surface area contributed by atoms with Gasteiger partial charge in [0.2, 0.25) is 0 Å². The van der Waals surface area contributed by atoms with Crippen LogP contribution in [0.4, 0.5) is 13.2 Å². The van der Waals surface area contributed by atoms with Gasteiger partial charge in [-0.25, -0.2) is 4.98 Å². The minimum atomic E-state index is -4.46. The summed E-state index contributed by atoms with van der Waals surface area (Å²) >= 11 is 0. The number of para-hydroxylation sites is 1. The van der Waals surface area contributed by atoms with Crippen LogP contribution in [0.5, 0.6) is 5.75 Å². The lowest BCUT2D eigenvalue weighted by Gasteiger charge is -2.37. The molecule has 194 valence electrons. The highest BCUT2D eigenvalue weighted by Crippen LogP contribution is 2.39. The number of hydrogen-bond acceptors (Lipinski definition) is 7. The maximum absolute atomic E-state index is 14.2. The van der Waals surface area contributed by atoms with Gasteiger partial charge in [-0.3, -0.25) is 9.30 Å².